The summed E-state index contributed by atoms with van der Waals surface area (Å²) in [6.45, 7) is 7.15. The van der Waals surface area contributed by atoms with Crippen LogP contribution in [0.1, 0.15) is 32.6 Å². The molecular weight excluding hydrogens is 432 g/mol. The van der Waals surface area contributed by atoms with Crippen LogP contribution in [0.4, 0.5) is 17.6 Å². The first-order valence-electron chi connectivity index (χ1n) is 10.2. The maximum atomic E-state index is 15.2. The van der Waals surface area contributed by atoms with Crippen molar-refractivity contribution in [2.45, 2.75) is 27.7 Å². The lowest BCUT2D eigenvalue weighted by Gasteiger charge is -2.14. The van der Waals surface area contributed by atoms with Crippen molar-refractivity contribution in [3.63, 3.8) is 0 Å². The van der Waals surface area contributed by atoms with Crippen LogP contribution in [0.2, 0.25) is 0 Å². The molecule has 0 radical (unpaired) electrons. The Morgan fingerprint density at radius 3 is 1.97 bits per heavy atom. The van der Waals surface area contributed by atoms with Gasteiger partial charge in [-0.3, -0.25) is 0 Å². The Morgan fingerprint density at radius 2 is 1.36 bits per heavy atom. The Labute approximate surface area is 188 Å². The molecule has 0 saturated heterocycles. The van der Waals surface area contributed by atoms with Gasteiger partial charge < -0.3 is 4.74 Å². The molecule has 0 amide bonds. The van der Waals surface area contributed by atoms with E-state index < -0.39 is 40.6 Å². The summed E-state index contributed by atoms with van der Waals surface area (Å²) in [6.07, 6.45) is 0. The molecule has 0 aromatic heterocycles. The highest BCUT2D eigenvalue weighted by Crippen LogP contribution is 2.33. The number of rotatable bonds is 3. The molecule has 4 rings (SSSR count). The summed E-state index contributed by atoms with van der Waals surface area (Å²) in [5.41, 5.74) is 3.75. The number of carbonyl (C=O) groups excluding carboxylic acids is 1. The van der Waals surface area contributed by atoms with Gasteiger partial charge in [-0.2, -0.15) is 0 Å². The fraction of sp³-hybridized carbons (Fsp3) is 0.148. The highest BCUT2D eigenvalue weighted by Gasteiger charge is 2.24. The van der Waals surface area contributed by atoms with Gasteiger partial charge in [0.1, 0.15) is 34.6 Å². The molecule has 0 spiro atoms. The average molecular weight is 452 g/mol. The largest absolute Gasteiger partial charge is 0.423 e. The third kappa shape index (κ3) is 4.09. The number of halogens is 4. The predicted molar refractivity (Wildman–Crippen MR) is 120 cm³/mol. The van der Waals surface area contributed by atoms with Crippen LogP contribution in [0.3, 0.4) is 0 Å². The molecular formula is C27H20F4O2. The number of hydrogen-bond donors (Lipinski definition) is 0. The average Bonchev–Trinajstić information content (AvgIpc) is 2.71. The van der Waals surface area contributed by atoms with E-state index in [1.807, 2.05) is 32.9 Å². The maximum absolute atomic E-state index is 15.2. The first-order chi connectivity index (χ1) is 15.6. The van der Waals surface area contributed by atoms with Gasteiger partial charge in [0.25, 0.3) is 0 Å². The Kier molecular flexibility index (Phi) is 5.70. The zero-order valence-corrected chi connectivity index (χ0v) is 18.4. The molecule has 0 aliphatic carbocycles. The molecule has 0 aliphatic heterocycles. The van der Waals surface area contributed by atoms with Crippen molar-refractivity contribution in [3.05, 3.63) is 99.6 Å². The molecule has 0 heterocycles. The van der Waals surface area contributed by atoms with Crippen LogP contribution < -0.4 is 4.74 Å². The second-order valence-corrected chi connectivity index (χ2v) is 8.16. The van der Waals surface area contributed by atoms with E-state index in [0.717, 1.165) is 46.0 Å². The van der Waals surface area contributed by atoms with Crippen LogP contribution in [0.15, 0.2) is 48.5 Å². The monoisotopic (exact) mass is 452 g/mol. The highest BCUT2D eigenvalue weighted by atomic mass is 19.1. The lowest BCUT2D eigenvalue weighted by atomic mass is 9.92. The van der Waals surface area contributed by atoms with Crippen LogP contribution in [0.5, 0.6) is 5.75 Å². The quantitative estimate of drug-likeness (QED) is 0.183. The van der Waals surface area contributed by atoms with E-state index in [4.69, 9.17) is 4.74 Å². The van der Waals surface area contributed by atoms with Crippen LogP contribution >= 0.6 is 0 Å². The third-order valence-corrected chi connectivity index (χ3v) is 5.66. The van der Waals surface area contributed by atoms with E-state index in [1.165, 1.54) is 13.0 Å². The number of carbonyl (C=O) groups is 1. The molecule has 0 atom stereocenters. The van der Waals surface area contributed by atoms with Crippen molar-refractivity contribution < 1.29 is 27.1 Å². The van der Waals surface area contributed by atoms with E-state index >= 15 is 4.39 Å². The van der Waals surface area contributed by atoms with E-state index in [9.17, 15) is 18.0 Å². The molecule has 0 fully saturated rings. The summed E-state index contributed by atoms with van der Waals surface area (Å²) in [5.74, 6) is -5.98. The number of fused-ring (bicyclic) bond motifs is 1. The van der Waals surface area contributed by atoms with Gasteiger partial charge in [0.2, 0.25) is 0 Å². The van der Waals surface area contributed by atoms with Gasteiger partial charge in [-0.1, -0.05) is 29.8 Å². The zero-order chi connectivity index (χ0) is 24.0. The smallest absolute Gasteiger partial charge is 0.349 e. The summed E-state index contributed by atoms with van der Waals surface area (Å²) in [7, 11) is 0. The van der Waals surface area contributed by atoms with Gasteiger partial charge in [-0.15, -0.1) is 0 Å². The molecule has 4 aromatic carbocycles. The number of aryl methyl sites for hydroxylation is 3. The zero-order valence-electron chi connectivity index (χ0n) is 18.4. The second kappa shape index (κ2) is 8.35. The lowest BCUT2D eigenvalue weighted by molar-refractivity contribution is 0.0724. The number of esters is 1. The normalized spacial score (nSPS) is 11.2. The molecule has 0 bridgehead atoms. The molecule has 0 saturated carbocycles. The van der Waals surface area contributed by atoms with Gasteiger partial charge in [-0.25, -0.2) is 22.4 Å². The molecule has 168 valence electrons. The lowest BCUT2D eigenvalue weighted by Crippen LogP contribution is -2.14. The molecule has 6 heteroatoms. The first-order valence-corrected chi connectivity index (χ1v) is 10.2. The van der Waals surface area contributed by atoms with Gasteiger partial charge in [0.15, 0.2) is 0 Å². The second-order valence-electron chi connectivity index (χ2n) is 8.16. The minimum absolute atomic E-state index is 0.0239. The minimum atomic E-state index is -1.39. The Morgan fingerprint density at radius 1 is 0.758 bits per heavy atom. The molecule has 33 heavy (non-hydrogen) atoms. The molecule has 0 N–H and O–H groups in total. The van der Waals surface area contributed by atoms with E-state index in [-0.39, 0.29) is 16.3 Å². The summed E-state index contributed by atoms with van der Waals surface area (Å²) in [6, 6.07) is 11.5. The fourth-order valence-corrected chi connectivity index (χ4v) is 4.15. The summed E-state index contributed by atoms with van der Waals surface area (Å²) < 4.78 is 62.3. The molecule has 2 nitrogen and oxygen atoms in total. The fourth-order valence-electron chi connectivity index (χ4n) is 4.15. The van der Waals surface area contributed by atoms with Gasteiger partial charge in [0, 0.05) is 23.1 Å². The van der Waals surface area contributed by atoms with Gasteiger partial charge in [0.05, 0.1) is 0 Å². The van der Waals surface area contributed by atoms with Crippen molar-refractivity contribution in [2.75, 3.05) is 0 Å². The topological polar surface area (TPSA) is 26.3 Å². The van der Waals surface area contributed by atoms with Crippen molar-refractivity contribution >= 4 is 16.7 Å². The van der Waals surface area contributed by atoms with Crippen molar-refractivity contribution in [3.8, 4) is 16.9 Å². The van der Waals surface area contributed by atoms with Crippen LogP contribution in [0.25, 0.3) is 21.9 Å². The maximum Gasteiger partial charge on any atom is 0.349 e. The van der Waals surface area contributed by atoms with Crippen LogP contribution in [-0.2, 0) is 0 Å². The van der Waals surface area contributed by atoms with E-state index in [1.54, 1.807) is 12.1 Å². The van der Waals surface area contributed by atoms with Crippen molar-refractivity contribution in [2.24, 2.45) is 0 Å². The van der Waals surface area contributed by atoms with E-state index in [2.05, 4.69) is 0 Å². The van der Waals surface area contributed by atoms with Gasteiger partial charge in [-0.05, 0) is 67.5 Å². The van der Waals surface area contributed by atoms with Crippen LogP contribution in [-0.4, -0.2) is 5.97 Å². The molecule has 0 aliphatic rings. The van der Waals surface area contributed by atoms with Crippen LogP contribution in [0, 0.1) is 51.0 Å². The summed E-state index contributed by atoms with van der Waals surface area (Å²) >= 11 is 0. The van der Waals surface area contributed by atoms with Crippen molar-refractivity contribution in [1.82, 2.24) is 0 Å². The third-order valence-electron chi connectivity index (χ3n) is 5.66. The predicted octanol–water partition coefficient (Wildman–Crippen LogP) is 7.52. The SMILES string of the molecule is Cc1cc(C)c(-c2ccc3c(F)c(C(=O)Oc4cc(F)c(C)c(F)c4)c(F)cc3c2)c(C)c1. The Bertz CT molecular complexity index is 1390. The number of benzene rings is 4. The minimum Gasteiger partial charge on any atom is -0.423 e. The Hall–Kier alpha value is -3.67. The number of hydrogen-bond acceptors (Lipinski definition) is 2. The molecule has 0 unspecified atom stereocenters. The summed E-state index contributed by atoms with van der Waals surface area (Å²) in [5, 5.41) is 0.293. The Balaban J connectivity index is 1.76. The van der Waals surface area contributed by atoms with Gasteiger partial charge >= 0.3 is 5.97 Å². The standard InChI is InChI=1S/C27H20F4O2/c1-13-7-14(2)24(15(3)8-13)17-5-6-20-18(9-17)10-23(30)25(26(20)31)27(32)33-19-11-21(28)16(4)22(29)12-19/h5-12H,1-4H3. The number of ether oxygens (including phenoxy) is 1. The highest BCUT2D eigenvalue weighted by molar-refractivity contribution is 5.98. The summed E-state index contributed by atoms with van der Waals surface area (Å²) in [4.78, 5) is 12.5. The van der Waals surface area contributed by atoms with Crippen molar-refractivity contribution in [1.29, 1.82) is 0 Å². The van der Waals surface area contributed by atoms with E-state index in [0.29, 0.717) is 0 Å². The molecule has 4 aromatic rings. The first kappa shape index (κ1) is 22.5.